The molecule has 2 aromatic rings. The highest BCUT2D eigenvalue weighted by Crippen LogP contribution is 2.28. The van der Waals surface area contributed by atoms with Crippen LogP contribution in [-0.4, -0.2) is 29.2 Å². The zero-order valence-electron chi connectivity index (χ0n) is 14.7. The lowest BCUT2D eigenvalue weighted by molar-refractivity contribution is 0.00698. The largest absolute Gasteiger partial charge is 0.495 e. The predicted octanol–water partition coefficient (Wildman–Crippen LogP) is 3.50. The van der Waals surface area contributed by atoms with E-state index in [9.17, 15) is 8.42 Å². The number of nitrogens with one attached hydrogen (secondary N) is 1. The van der Waals surface area contributed by atoms with Gasteiger partial charge >= 0.3 is 0 Å². The Kier molecular flexibility index (Phi) is 6.11. The van der Waals surface area contributed by atoms with Crippen molar-refractivity contribution in [2.24, 2.45) is 0 Å². The summed E-state index contributed by atoms with van der Waals surface area (Å²) in [6, 6.07) is 12.2. The van der Waals surface area contributed by atoms with Crippen LogP contribution >= 0.6 is 11.6 Å². The Bertz CT molecular complexity index is 854. The molecule has 1 atom stereocenters. The lowest BCUT2D eigenvalue weighted by Gasteiger charge is -2.29. The van der Waals surface area contributed by atoms with Crippen LogP contribution in [0.3, 0.4) is 0 Å². The fourth-order valence-corrected chi connectivity index (χ4v) is 3.98. The standard InChI is InChI=1S/C18H22ClNO4S/c1-13-8-9-16(23-3)17(10-13)25(21,22)20-12-18(2,24-4)14-6-5-7-15(19)11-14/h5-11,20H,12H2,1-4H3. The van der Waals surface area contributed by atoms with Crippen molar-refractivity contribution in [1.29, 1.82) is 0 Å². The molecule has 0 radical (unpaired) electrons. The minimum atomic E-state index is -3.77. The van der Waals surface area contributed by atoms with Gasteiger partial charge in [-0.05, 0) is 49.2 Å². The Labute approximate surface area is 154 Å². The highest BCUT2D eigenvalue weighted by atomic mass is 35.5. The molecule has 0 aliphatic rings. The predicted molar refractivity (Wildman–Crippen MR) is 98.7 cm³/mol. The Morgan fingerprint density at radius 3 is 2.48 bits per heavy atom. The fraction of sp³-hybridized carbons (Fsp3) is 0.333. The molecule has 0 fully saturated rings. The topological polar surface area (TPSA) is 64.6 Å². The molecule has 0 aliphatic heterocycles. The van der Waals surface area contributed by atoms with Crippen molar-refractivity contribution in [1.82, 2.24) is 4.72 Å². The van der Waals surface area contributed by atoms with Crippen molar-refractivity contribution in [2.75, 3.05) is 20.8 Å². The van der Waals surface area contributed by atoms with E-state index in [0.29, 0.717) is 10.8 Å². The Balaban J connectivity index is 2.30. The smallest absolute Gasteiger partial charge is 0.244 e. The van der Waals surface area contributed by atoms with Gasteiger partial charge in [-0.2, -0.15) is 0 Å². The molecule has 0 aromatic heterocycles. The first-order valence-corrected chi connectivity index (χ1v) is 9.53. The summed E-state index contributed by atoms with van der Waals surface area (Å²) in [5, 5.41) is 0.559. The molecule has 1 unspecified atom stereocenters. The molecule has 0 heterocycles. The molecule has 0 aliphatic carbocycles. The maximum Gasteiger partial charge on any atom is 0.244 e. The van der Waals surface area contributed by atoms with Crippen molar-refractivity contribution >= 4 is 21.6 Å². The SMILES string of the molecule is COc1ccc(C)cc1S(=O)(=O)NCC(C)(OC)c1cccc(Cl)c1. The summed E-state index contributed by atoms with van der Waals surface area (Å²) < 4.78 is 38.9. The van der Waals surface area contributed by atoms with Crippen LogP contribution in [0.15, 0.2) is 47.4 Å². The van der Waals surface area contributed by atoms with Crippen LogP contribution < -0.4 is 9.46 Å². The second-order valence-corrected chi connectivity index (χ2v) is 8.10. The number of benzene rings is 2. The van der Waals surface area contributed by atoms with E-state index in [-0.39, 0.29) is 11.4 Å². The zero-order chi connectivity index (χ0) is 18.7. The minimum absolute atomic E-state index is 0.0449. The average molecular weight is 384 g/mol. The number of halogens is 1. The molecule has 136 valence electrons. The highest BCUT2D eigenvalue weighted by molar-refractivity contribution is 7.89. The van der Waals surface area contributed by atoms with E-state index in [0.717, 1.165) is 11.1 Å². The van der Waals surface area contributed by atoms with Gasteiger partial charge in [-0.15, -0.1) is 0 Å². The lowest BCUT2D eigenvalue weighted by Crippen LogP contribution is -2.40. The number of sulfonamides is 1. The summed E-state index contributed by atoms with van der Waals surface area (Å²) in [5.41, 5.74) is 0.738. The summed E-state index contributed by atoms with van der Waals surface area (Å²) in [6.45, 7) is 3.67. The third kappa shape index (κ3) is 4.52. The van der Waals surface area contributed by atoms with Crippen LogP contribution in [0.25, 0.3) is 0 Å². The molecule has 0 saturated heterocycles. The molecule has 0 bridgehead atoms. The van der Waals surface area contributed by atoms with Gasteiger partial charge in [-0.1, -0.05) is 29.8 Å². The molecule has 25 heavy (non-hydrogen) atoms. The second-order valence-electron chi connectivity index (χ2n) is 5.92. The van der Waals surface area contributed by atoms with Crippen molar-refractivity contribution in [3.8, 4) is 5.75 Å². The summed E-state index contributed by atoms with van der Waals surface area (Å²) in [5.74, 6) is 0.292. The van der Waals surface area contributed by atoms with Gasteiger partial charge in [-0.25, -0.2) is 13.1 Å². The summed E-state index contributed by atoms with van der Waals surface area (Å²) >= 11 is 6.04. The normalized spacial score (nSPS) is 14.1. The van der Waals surface area contributed by atoms with Crippen molar-refractivity contribution in [2.45, 2.75) is 24.3 Å². The van der Waals surface area contributed by atoms with Crippen molar-refractivity contribution in [3.05, 3.63) is 58.6 Å². The number of hydrogen-bond acceptors (Lipinski definition) is 4. The minimum Gasteiger partial charge on any atom is -0.495 e. The molecule has 2 rings (SSSR count). The quantitative estimate of drug-likeness (QED) is 0.794. The van der Waals surface area contributed by atoms with E-state index in [1.165, 1.54) is 14.2 Å². The number of aryl methyl sites for hydroxylation is 1. The van der Waals surface area contributed by atoms with E-state index < -0.39 is 15.6 Å². The number of rotatable bonds is 7. The molecule has 2 aromatic carbocycles. The molecular weight excluding hydrogens is 362 g/mol. The summed E-state index contributed by atoms with van der Waals surface area (Å²) in [7, 11) is -0.805. The third-order valence-corrected chi connectivity index (χ3v) is 5.75. The van der Waals surface area contributed by atoms with Crippen molar-refractivity contribution in [3.63, 3.8) is 0 Å². The first kappa shape index (κ1) is 19.7. The first-order chi connectivity index (χ1) is 11.7. The van der Waals surface area contributed by atoms with Gasteiger partial charge in [0.1, 0.15) is 16.2 Å². The zero-order valence-corrected chi connectivity index (χ0v) is 16.2. The van der Waals surface area contributed by atoms with Gasteiger partial charge < -0.3 is 9.47 Å². The van der Waals surface area contributed by atoms with E-state index >= 15 is 0 Å². The lowest BCUT2D eigenvalue weighted by atomic mass is 9.96. The van der Waals surface area contributed by atoms with Crippen LogP contribution in [0.2, 0.25) is 5.02 Å². The molecule has 0 spiro atoms. The Hall–Kier alpha value is -1.60. The van der Waals surface area contributed by atoms with Gasteiger partial charge in [0, 0.05) is 18.7 Å². The van der Waals surface area contributed by atoms with Gasteiger partial charge in [-0.3, -0.25) is 0 Å². The highest BCUT2D eigenvalue weighted by Gasteiger charge is 2.30. The van der Waals surface area contributed by atoms with Crippen LogP contribution in [0, 0.1) is 6.92 Å². The van der Waals surface area contributed by atoms with Crippen LogP contribution in [0.1, 0.15) is 18.1 Å². The third-order valence-electron chi connectivity index (χ3n) is 4.09. The van der Waals surface area contributed by atoms with E-state index in [1.54, 1.807) is 43.3 Å². The Morgan fingerprint density at radius 1 is 1.16 bits per heavy atom. The number of ether oxygens (including phenoxy) is 2. The van der Waals surface area contributed by atoms with Crippen LogP contribution in [-0.2, 0) is 20.4 Å². The molecule has 7 heteroatoms. The van der Waals surface area contributed by atoms with E-state index in [2.05, 4.69) is 4.72 Å². The van der Waals surface area contributed by atoms with Crippen LogP contribution in [0.5, 0.6) is 5.75 Å². The Morgan fingerprint density at radius 2 is 1.88 bits per heavy atom. The van der Waals surface area contributed by atoms with E-state index in [4.69, 9.17) is 21.1 Å². The van der Waals surface area contributed by atoms with Gasteiger partial charge in [0.05, 0.1) is 7.11 Å². The van der Waals surface area contributed by atoms with E-state index in [1.807, 2.05) is 13.0 Å². The van der Waals surface area contributed by atoms with Gasteiger partial charge in [0.15, 0.2) is 0 Å². The maximum absolute atomic E-state index is 12.8. The molecule has 0 saturated carbocycles. The first-order valence-electron chi connectivity index (χ1n) is 7.67. The maximum atomic E-state index is 12.8. The van der Waals surface area contributed by atoms with Crippen LogP contribution in [0.4, 0.5) is 0 Å². The summed E-state index contributed by atoms with van der Waals surface area (Å²) in [6.07, 6.45) is 0. The van der Waals surface area contributed by atoms with Crippen molar-refractivity contribution < 1.29 is 17.9 Å². The fourth-order valence-electron chi connectivity index (χ4n) is 2.41. The monoisotopic (exact) mass is 383 g/mol. The van der Waals surface area contributed by atoms with Gasteiger partial charge in [0.2, 0.25) is 10.0 Å². The van der Waals surface area contributed by atoms with Gasteiger partial charge in [0.25, 0.3) is 0 Å². The molecular formula is C18H22ClNO4S. The average Bonchev–Trinajstić information content (AvgIpc) is 2.59. The molecule has 0 amide bonds. The summed E-state index contributed by atoms with van der Waals surface area (Å²) in [4.78, 5) is 0.0968. The number of methoxy groups -OCH3 is 2. The second kappa shape index (κ2) is 7.74. The molecule has 5 nitrogen and oxygen atoms in total. The number of hydrogen-bond donors (Lipinski definition) is 1. The molecule has 1 N–H and O–H groups in total.